The molecule has 26 heavy (non-hydrogen) atoms. The van der Waals surface area contributed by atoms with Crippen molar-refractivity contribution in [3.8, 4) is 17.4 Å². The van der Waals surface area contributed by atoms with Crippen molar-refractivity contribution < 1.29 is 14.3 Å². The number of nitrogens with one attached hydrogen (secondary N) is 1. The van der Waals surface area contributed by atoms with Crippen LogP contribution in [-0.4, -0.2) is 48.6 Å². The molecule has 0 unspecified atom stereocenters. The maximum atomic E-state index is 12.5. The number of carbonyl (C=O) groups excluding carboxylic acids is 1. The summed E-state index contributed by atoms with van der Waals surface area (Å²) in [4.78, 5) is 19.0. The van der Waals surface area contributed by atoms with Crippen molar-refractivity contribution in [1.82, 2.24) is 15.2 Å². The van der Waals surface area contributed by atoms with Crippen LogP contribution in [0, 0.1) is 5.92 Å². The molecule has 2 aromatic rings. The Morgan fingerprint density at radius 2 is 1.92 bits per heavy atom. The first-order chi connectivity index (χ1) is 12.7. The largest absolute Gasteiger partial charge is 0.481 e. The van der Waals surface area contributed by atoms with E-state index in [1.807, 2.05) is 0 Å². The first-order valence-electron chi connectivity index (χ1n) is 9.02. The summed E-state index contributed by atoms with van der Waals surface area (Å²) in [6.45, 7) is 3.31. The molecule has 5 rings (SSSR count). The molecule has 3 aliphatic rings. The highest BCUT2D eigenvalue weighted by Crippen LogP contribution is 2.28. The molecule has 3 saturated heterocycles. The maximum Gasteiger partial charge on any atom is 0.251 e. The number of pyridine rings is 1. The molecule has 1 amide bonds. The number of carbonyl (C=O) groups is 1. The molecule has 1 atom stereocenters. The zero-order chi connectivity index (χ0) is 17.9. The lowest BCUT2D eigenvalue weighted by molar-refractivity contribution is 0.0620. The molecule has 1 aromatic heterocycles. The normalized spacial score (nSPS) is 24.1. The molecule has 136 valence electrons. The average Bonchev–Trinajstić information content (AvgIpc) is 2.69. The second kappa shape index (κ2) is 7.33. The molecular weight excluding hydrogens is 330 g/mol. The van der Waals surface area contributed by atoms with Crippen LogP contribution in [0.1, 0.15) is 23.2 Å². The minimum atomic E-state index is -0.0131. The van der Waals surface area contributed by atoms with Gasteiger partial charge in [-0.05, 0) is 62.2 Å². The van der Waals surface area contributed by atoms with Gasteiger partial charge in [-0.3, -0.25) is 4.79 Å². The fraction of sp³-hybridized carbons (Fsp3) is 0.400. The zero-order valence-corrected chi connectivity index (χ0v) is 14.9. The number of fused-ring (bicyclic) bond motifs is 3. The highest BCUT2D eigenvalue weighted by molar-refractivity contribution is 5.94. The van der Waals surface area contributed by atoms with Crippen LogP contribution < -0.4 is 14.8 Å². The van der Waals surface area contributed by atoms with Crippen LogP contribution in [0.4, 0.5) is 0 Å². The molecule has 6 heteroatoms. The molecule has 0 spiro atoms. The third kappa shape index (κ3) is 3.65. The van der Waals surface area contributed by atoms with Crippen LogP contribution in [0.5, 0.6) is 17.4 Å². The molecule has 0 aliphatic carbocycles. The van der Waals surface area contributed by atoms with Crippen molar-refractivity contribution in [2.24, 2.45) is 5.92 Å². The van der Waals surface area contributed by atoms with Crippen molar-refractivity contribution in [1.29, 1.82) is 0 Å². The number of aromatic nitrogens is 1. The number of hydrogen-bond acceptors (Lipinski definition) is 5. The Morgan fingerprint density at radius 1 is 1.15 bits per heavy atom. The fourth-order valence-corrected chi connectivity index (χ4v) is 3.76. The van der Waals surface area contributed by atoms with Gasteiger partial charge in [0.1, 0.15) is 11.5 Å². The first-order valence-corrected chi connectivity index (χ1v) is 9.02. The second-order valence-electron chi connectivity index (χ2n) is 6.88. The monoisotopic (exact) mass is 353 g/mol. The molecule has 2 bridgehead atoms. The Morgan fingerprint density at radius 3 is 2.58 bits per heavy atom. The van der Waals surface area contributed by atoms with Crippen LogP contribution in [0.2, 0.25) is 0 Å². The number of ether oxygens (including phenoxy) is 2. The SMILES string of the molecule is COc1cc(Oc2ccc(C(=O)N[C@H]3CN4CCC3CC4)cc2)ccn1. The van der Waals surface area contributed by atoms with E-state index in [-0.39, 0.29) is 11.9 Å². The number of nitrogens with zero attached hydrogens (tertiary/aromatic N) is 2. The van der Waals surface area contributed by atoms with E-state index in [0.717, 1.165) is 6.54 Å². The van der Waals surface area contributed by atoms with E-state index in [1.54, 1.807) is 49.7 Å². The van der Waals surface area contributed by atoms with E-state index in [4.69, 9.17) is 9.47 Å². The number of methoxy groups -OCH3 is 1. The summed E-state index contributed by atoms with van der Waals surface area (Å²) in [5.74, 6) is 2.41. The quantitative estimate of drug-likeness (QED) is 0.895. The lowest BCUT2D eigenvalue weighted by atomic mass is 9.84. The van der Waals surface area contributed by atoms with Gasteiger partial charge in [0.05, 0.1) is 7.11 Å². The smallest absolute Gasteiger partial charge is 0.251 e. The fourth-order valence-electron chi connectivity index (χ4n) is 3.76. The van der Waals surface area contributed by atoms with Gasteiger partial charge < -0.3 is 19.7 Å². The number of amides is 1. The Balaban J connectivity index is 1.38. The van der Waals surface area contributed by atoms with Gasteiger partial charge in [-0.15, -0.1) is 0 Å². The number of piperidine rings is 3. The summed E-state index contributed by atoms with van der Waals surface area (Å²) in [7, 11) is 1.56. The van der Waals surface area contributed by atoms with Crippen molar-refractivity contribution in [3.05, 3.63) is 48.2 Å². The summed E-state index contributed by atoms with van der Waals surface area (Å²) in [6.07, 6.45) is 4.00. The van der Waals surface area contributed by atoms with Gasteiger partial charge in [0, 0.05) is 30.4 Å². The molecule has 0 saturated carbocycles. The second-order valence-corrected chi connectivity index (χ2v) is 6.88. The minimum absolute atomic E-state index is 0.0131. The third-order valence-corrected chi connectivity index (χ3v) is 5.24. The van der Waals surface area contributed by atoms with E-state index in [0.29, 0.717) is 28.9 Å². The Labute approximate surface area is 153 Å². The van der Waals surface area contributed by atoms with Gasteiger partial charge in [0.25, 0.3) is 5.91 Å². The summed E-state index contributed by atoms with van der Waals surface area (Å²) in [5, 5.41) is 3.20. The predicted octanol–water partition coefficient (Wildman–Crippen LogP) is 2.71. The van der Waals surface area contributed by atoms with Crippen LogP contribution in [0.25, 0.3) is 0 Å². The van der Waals surface area contributed by atoms with Crippen molar-refractivity contribution in [2.75, 3.05) is 26.7 Å². The topological polar surface area (TPSA) is 63.7 Å². The molecule has 3 aliphatic heterocycles. The van der Waals surface area contributed by atoms with Crippen molar-refractivity contribution in [2.45, 2.75) is 18.9 Å². The minimum Gasteiger partial charge on any atom is -0.481 e. The van der Waals surface area contributed by atoms with Crippen LogP contribution >= 0.6 is 0 Å². The highest BCUT2D eigenvalue weighted by Gasteiger charge is 2.34. The van der Waals surface area contributed by atoms with E-state index < -0.39 is 0 Å². The molecule has 1 aromatic carbocycles. The lowest BCUT2D eigenvalue weighted by Crippen LogP contribution is -2.57. The molecule has 0 radical (unpaired) electrons. The van der Waals surface area contributed by atoms with Gasteiger partial charge >= 0.3 is 0 Å². The van der Waals surface area contributed by atoms with Gasteiger partial charge in [-0.1, -0.05) is 0 Å². The van der Waals surface area contributed by atoms with Gasteiger partial charge in [-0.25, -0.2) is 4.98 Å². The predicted molar refractivity (Wildman–Crippen MR) is 97.7 cm³/mol. The van der Waals surface area contributed by atoms with E-state index in [2.05, 4.69) is 15.2 Å². The third-order valence-electron chi connectivity index (χ3n) is 5.24. The Kier molecular flexibility index (Phi) is 4.75. The first kappa shape index (κ1) is 16.8. The summed E-state index contributed by atoms with van der Waals surface area (Å²) in [5.41, 5.74) is 0.654. The van der Waals surface area contributed by atoms with E-state index in [9.17, 15) is 4.79 Å². The number of hydrogen-bond donors (Lipinski definition) is 1. The maximum absolute atomic E-state index is 12.5. The lowest BCUT2D eigenvalue weighted by Gasteiger charge is -2.44. The van der Waals surface area contributed by atoms with Crippen molar-refractivity contribution >= 4 is 5.91 Å². The molecule has 1 N–H and O–H groups in total. The van der Waals surface area contributed by atoms with Gasteiger partial charge in [-0.2, -0.15) is 0 Å². The molecule has 4 heterocycles. The number of benzene rings is 1. The molecule has 6 nitrogen and oxygen atoms in total. The molecular formula is C20H23N3O3. The van der Waals surface area contributed by atoms with E-state index >= 15 is 0 Å². The van der Waals surface area contributed by atoms with Crippen LogP contribution in [0.3, 0.4) is 0 Å². The van der Waals surface area contributed by atoms with Crippen LogP contribution in [0.15, 0.2) is 42.6 Å². The molecule has 3 fully saturated rings. The Bertz CT molecular complexity index is 770. The van der Waals surface area contributed by atoms with Gasteiger partial charge in [0.15, 0.2) is 0 Å². The summed E-state index contributed by atoms with van der Waals surface area (Å²) in [6, 6.07) is 10.9. The number of rotatable bonds is 5. The Hall–Kier alpha value is -2.60. The van der Waals surface area contributed by atoms with E-state index in [1.165, 1.54) is 25.9 Å². The standard InChI is InChI=1S/C20H23N3O3/c1-25-19-12-17(6-9-21-19)26-16-4-2-15(3-5-16)20(24)22-18-13-23-10-7-14(18)8-11-23/h2-6,9,12,14,18H,7-8,10-11,13H2,1H3,(H,22,24)/t18-/m0/s1. The summed E-state index contributed by atoms with van der Waals surface area (Å²) < 4.78 is 10.9. The zero-order valence-electron chi connectivity index (χ0n) is 14.9. The highest BCUT2D eigenvalue weighted by atomic mass is 16.5. The summed E-state index contributed by atoms with van der Waals surface area (Å²) >= 11 is 0. The average molecular weight is 353 g/mol. The van der Waals surface area contributed by atoms with Crippen molar-refractivity contribution in [3.63, 3.8) is 0 Å². The van der Waals surface area contributed by atoms with Crippen LogP contribution in [-0.2, 0) is 0 Å². The van der Waals surface area contributed by atoms with Gasteiger partial charge in [0.2, 0.25) is 5.88 Å².